The maximum absolute atomic E-state index is 12.9. The van der Waals surface area contributed by atoms with E-state index in [0.717, 1.165) is 25.0 Å². The minimum Gasteiger partial charge on any atom is -0.398 e. The third-order valence-electron chi connectivity index (χ3n) is 3.42. The van der Waals surface area contributed by atoms with E-state index in [4.69, 9.17) is 5.73 Å². The van der Waals surface area contributed by atoms with E-state index >= 15 is 0 Å². The molecule has 1 heterocycles. The highest BCUT2D eigenvalue weighted by Crippen LogP contribution is 2.28. The number of hydrogen-bond donors (Lipinski definition) is 1. The molecule has 18 heavy (non-hydrogen) atoms. The van der Waals surface area contributed by atoms with Crippen molar-refractivity contribution in [1.82, 2.24) is 4.31 Å². The molecule has 1 aromatic carbocycles. The predicted molar refractivity (Wildman–Crippen MR) is 68.0 cm³/mol. The topological polar surface area (TPSA) is 63.4 Å². The first kappa shape index (κ1) is 13.3. The van der Waals surface area contributed by atoms with Crippen molar-refractivity contribution in [3.63, 3.8) is 0 Å². The molecule has 1 atom stereocenters. The molecule has 0 aromatic heterocycles. The van der Waals surface area contributed by atoms with Gasteiger partial charge in [0, 0.05) is 13.1 Å². The lowest BCUT2D eigenvalue weighted by molar-refractivity contribution is 0.453. The Labute approximate surface area is 107 Å². The maximum atomic E-state index is 12.9. The van der Waals surface area contributed by atoms with Gasteiger partial charge >= 0.3 is 0 Å². The summed E-state index contributed by atoms with van der Waals surface area (Å²) in [6, 6.07) is 3.40. The van der Waals surface area contributed by atoms with Gasteiger partial charge in [-0.1, -0.05) is 13.3 Å². The van der Waals surface area contributed by atoms with Crippen LogP contribution >= 0.6 is 0 Å². The first-order chi connectivity index (χ1) is 8.45. The summed E-state index contributed by atoms with van der Waals surface area (Å²) in [7, 11) is -3.59. The van der Waals surface area contributed by atoms with Crippen LogP contribution in [0.3, 0.4) is 0 Å². The third-order valence-corrected chi connectivity index (χ3v) is 5.35. The van der Waals surface area contributed by atoms with Crippen molar-refractivity contribution in [2.24, 2.45) is 5.92 Å². The highest BCUT2D eigenvalue weighted by molar-refractivity contribution is 7.89. The molecule has 1 aliphatic rings. The fraction of sp³-hybridized carbons (Fsp3) is 0.500. The normalized spacial score (nSPS) is 21.3. The Morgan fingerprint density at radius 1 is 1.50 bits per heavy atom. The smallest absolute Gasteiger partial charge is 0.245 e. The van der Waals surface area contributed by atoms with E-state index in [2.05, 4.69) is 0 Å². The number of benzene rings is 1. The molecule has 100 valence electrons. The van der Waals surface area contributed by atoms with Gasteiger partial charge in [0.1, 0.15) is 10.7 Å². The molecule has 1 aliphatic heterocycles. The van der Waals surface area contributed by atoms with Crippen LogP contribution in [0.2, 0.25) is 0 Å². The summed E-state index contributed by atoms with van der Waals surface area (Å²) in [5, 5.41) is 0. The van der Waals surface area contributed by atoms with Crippen molar-refractivity contribution in [3.05, 3.63) is 24.0 Å². The van der Waals surface area contributed by atoms with Crippen molar-refractivity contribution in [2.45, 2.75) is 24.7 Å². The van der Waals surface area contributed by atoms with Gasteiger partial charge in [-0.05, 0) is 30.5 Å². The summed E-state index contributed by atoms with van der Waals surface area (Å²) in [5.74, 6) is -0.124. The SMILES string of the molecule is CCC1CCN(S(=O)(=O)c2ccc(F)cc2N)C1. The minimum atomic E-state index is -3.59. The van der Waals surface area contributed by atoms with E-state index in [1.807, 2.05) is 6.92 Å². The lowest BCUT2D eigenvalue weighted by Crippen LogP contribution is -2.29. The van der Waals surface area contributed by atoms with E-state index in [-0.39, 0.29) is 10.6 Å². The van der Waals surface area contributed by atoms with Gasteiger partial charge in [0.15, 0.2) is 0 Å². The van der Waals surface area contributed by atoms with Crippen LogP contribution in [-0.4, -0.2) is 25.8 Å². The lowest BCUT2D eigenvalue weighted by Gasteiger charge is -2.17. The molecule has 2 N–H and O–H groups in total. The summed E-state index contributed by atoms with van der Waals surface area (Å²) in [6.45, 7) is 3.08. The molecule has 4 nitrogen and oxygen atoms in total. The second-order valence-electron chi connectivity index (χ2n) is 4.61. The zero-order valence-electron chi connectivity index (χ0n) is 10.3. The Kier molecular flexibility index (Phi) is 3.59. The van der Waals surface area contributed by atoms with Crippen LogP contribution in [0.5, 0.6) is 0 Å². The average molecular weight is 272 g/mol. The summed E-state index contributed by atoms with van der Waals surface area (Å²) in [6.07, 6.45) is 1.84. The van der Waals surface area contributed by atoms with Crippen molar-refractivity contribution in [2.75, 3.05) is 18.8 Å². The number of nitrogens with two attached hydrogens (primary N) is 1. The summed E-state index contributed by atoms with van der Waals surface area (Å²) in [5.41, 5.74) is 5.56. The maximum Gasteiger partial charge on any atom is 0.245 e. The number of nitrogens with zero attached hydrogens (tertiary/aromatic N) is 1. The molecule has 0 saturated carbocycles. The number of hydrogen-bond acceptors (Lipinski definition) is 3. The number of sulfonamides is 1. The number of nitrogen functional groups attached to an aromatic ring is 1. The van der Waals surface area contributed by atoms with Gasteiger partial charge in [0.25, 0.3) is 0 Å². The number of rotatable bonds is 3. The summed E-state index contributed by atoms with van der Waals surface area (Å²) in [4.78, 5) is 0.000605. The molecule has 0 radical (unpaired) electrons. The summed E-state index contributed by atoms with van der Waals surface area (Å²) < 4.78 is 39.1. The van der Waals surface area contributed by atoms with Gasteiger partial charge < -0.3 is 5.73 Å². The van der Waals surface area contributed by atoms with E-state index in [9.17, 15) is 12.8 Å². The first-order valence-electron chi connectivity index (χ1n) is 6.00. The number of anilines is 1. The van der Waals surface area contributed by atoms with E-state index in [0.29, 0.717) is 19.0 Å². The van der Waals surface area contributed by atoms with Crippen LogP contribution in [-0.2, 0) is 10.0 Å². The van der Waals surface area contributed by atoms with Crippen molar-refractivity contribution in [1.29, 1.82) is 0 Å². The fourth-order valence-corrected chi connectivity index (χ4v) is 3.87. The average Bonchev–Trinajstić information content (AvgIpc) is 2.77. The molecular weight excluding hydrogens is 255 g/mol. The van der Waals surface area contributed by atoms with Gasteiger partial charge in [-0.3, -0.25) is 0 Å². The quantitative estimate of drug-likeness (QED) is 0.854. The van der Waals surface area contributed by atoms with Crippen LogP contribution in [0.1, 0.15) is 19.8 Å². The third kappa shape index (κ3) is 2.35. The van der Waals surface area contributed by atoms with Crippen LogP contribution in [0.4, 0.5) is 10.1 Å². The van der Waals surface area contributed by atoms with Crippen LogP contribution in [0, 0.1) is 11.7 Å². The highest BCUT2D eigenvalue weighted by Gasteiger charge is 2.32. The number of halogens is 1. The van der Waals surface area contributed by atoms with Crippen molar-refractivity contribution < 1.29 is 12.8 Å². The molecule has 2 rings (SSSR count). The van der Waals surface area contributed by atoms with Gasteiger partial charge in [-0.15, -0.1) is 0 Å². The van der Waals surface area contributed by atoms with Gasteiger partial charge in [0.05, 0.1) is 5.69 Å². The lowest BCUT2D eigenvalue weighted by atomic mass is 10.1. The summed E-state index contributed by atoms with van der Waals surface area (Å²) >= 11 is 0. The van der Waals surface area contributed by atoms with Gasteiger partial charge in [-0.2, -0.15) is 4.31 Å². The first-order valence-corrected chi connectivity index (χ1v) is 7.44. The van der Waals surface area contributed by atoms with Crippen molar-refractivity contribution >= 4 is 15.7 Å². The molecule has 1 fully saturated rings. The van der Waals surface area contributed by atoms with Crippen LogP contribution in [0.25, 0.3) is 0 Å². The van der Waals surface area contributed by atoms with E-state index < -0.39 is 15.8 Å². The molecule has 0 spiro atoms. The fourth-order valence-electron chi connectivity index (χ4n) is 2.24. The highest BCUT2D eigenvalue weighted by atomic mass is 32.2. The Morgan fingerprint density at radius 2 is 2.22 bits per heavy atom. The van der Waals surface area contributed by atoms with Gasteiger partial charge in [-0.25, -0.2) is 12.8 Å². The second-order valence-corrected chi connectivity index (χ2v) is 6.51. The zero-order chi connectivity index (χ0) is 13.3. The van der Waals surface area contributed by atoms with Gasteiger partial charge in [0.2, 0.25) is 10.0 Å². The van der Waals surface area contributed by atoms with E-state index in [1.54, 1.807) is 0 Å². The Balaban J connectivity index is 2.31. The van der Waals surface area contributed by atoms with Crippen LogP contribution in [0.15, 0.2) is 23.1 Å². The molecule has 0 amide bonds. The molecule has 6 heteroatoms. The Bertz CT molecular complexity index is 545. The molecule has 0 bridgehead atoms. The van der Waals surface area contributed by atoms with Crippen LogP contribution < -0.4 is 5.73 Å². The molecule has 1 unspecified atom stereocenters. The minimum absolute atomic E-state index is 0.000605. The molecular formula is C12H17FN2O2S. The second kappa shape index (κ2) is 4.85. The molecule has 1 aromatic rings. The Morgan fingerprint density at radius 3 is 2.78 bits per heavy atom. The monoisotopic (exact) mass is 272 g/mol. The predicted octanol–water partition coefficient (Wildman–Crippen LogP) is 1.83. The van der Waals surface area contributed by atoms with Crippen molar-refractivity contribution in [3.8, 4) is 0 Å². The zero-order valence-corrected chi connectivity index (χ0v) is 11.1. The molecule has 1 saturated heterocycles. The Hall–Kier alpha value is -1.14. The standard InChI is InChI=1S/C12H17FN2O2S/c1-2-9-5-6-15(8-9)18(16,17)12-4-3-10(13)7-11(12)14/h3-4,7,9H,2,5-6,8,14H2,1H3. The molecule has 0 aliphatic carbocycles. The van der Waals surface area contributed by atoms with E-state index in [1.165, 1.54) is 10.4 Å². The largest absolute Gasteiger partial charge is 0.398 e.